The summed E-state index contributed by atoms with van der Waals surface area (Å²) < 4.78 is 0. The topological polar surface area (TPSA) is 29.3 Å². The van der Waals surface area contributed by atoms with E-state index in [1.54, 1.807) is 0 Å². The van der Waals surface area contributed by atoms with E-state index >= 15 is 0 Å². The first-order valence-electron chi connectivity index (χ1n) is 6.21. The molecule has 1 aromatic rings. The highest BCUT2D eigenvalue weighted by Crippen LogP contribution is 2.40. The van der Waals surface area contributed by atoms with E-state index in [4.69, 9.17) is 17.3 Å². The first kappa shape index (κ1) is 12.7. The largest absolute Gasteiger partial charge is 0.366 e. The van der Waals surface area contributed by atoms with Gasteiger partial charge in [-0.3, -0.25) is 0 Å². The quantitative estimate of drug-likeness (QED) is 0.876. The number of benzene rings is 1. The second-order valence-corrected chi connectivity index (χ2v) is 5.82. The minimum atomic E-state index is 0.115. The molecular formula is C14H21ClN2. The molecule has 1 aliphatic heterocycles. The molecule has 2 N–H and O–H groups in total. The zero-order valence-corrected chi connectivity index (χ0v) is 11.6. The van der Waals surface area contributed by atoms with Crippen LogP contribution in [0, 0.1) is 12.8 Å². The molecule has 0 radical (unpaired) electrons. The fourth-order valence-corrected chi connectivity index (χ4v) is 3.04. The molecule has 0 aromatic heterocycles. The van der Waals surface area contributed by atoms with Crippen LogP contribution in [0.5, 0.6) is 0 Å². The maximum Gasteiger partial charge on any atom is 0.0455 e. The molecule has 1 fully saturated rings. The Morgan fingerprint density at radius 3 is 2.76 bits per heavy atom. The van der Waals surface area contributed by atoms with E-state index in [9.17, 15) is 0 Å². The van der Waals surface area contributed by atoms with Crippen LogP contribution < -0.4 is 10.6 Å². The smallest absolute Gasteiger partial charge is 0.0455 e. The Labute approximate surface area is 109 Å². The van der Waals surface area contributed by atoms with Gasteiger partial charge < -0.3 is 10.6 Å². The third kappa shape index (κ3) is 2.04. The fourth-order valence-electron chi connectivity index (χ4n) is 2.87. The van der Waals surface area contributed by atoms with E-state index in [2.05, 4.69) is 31.7 Å². The van der Waals surface area contributed by atoms with E-state index in [1.165, 1.54) is 11.3 Å². The van der Waals surface area contributed by atoms with Crippen molar-refractivity contribution in [3.05, 3.63) is 28.8 Å². The third-order valence-electron chi connectivity index (χ3n) is 4.21. The van der Waals surface area contributed by atoms with Crippen LogP contribution in [0.4, 0.5) is 5.69 Å². The van der Waals surface area contributed by atoms with Gasteiger partial charge in [0.25, 0.3) is 0 Å². The first-order chi connectivity index (χ1) is 7.98. The van der Waals surface area contributed by atoms with Gasteiger partial charge in [0, 0.05) is 22.8 Å². The molecule has 0 saturated carbocycles. The second kappa shape index (κ2) is 4.51. The third-order valence-corrected chi connectivity index (χ3v) is 4.62. The van der Waals surface area contributed by atoms with E-state index in [0.717, 1.165) is 24.5 Å². The summed E-state index contributed by atoms with van der Waals surface area (Å²) in [4.78, 5) is 2.45. The minimum absolute atomic E-state index is 0.115. The molecular weight excluding hydrogens is 232 g/mol. The Morgan fingerprint density at radius 2 is 2.18 bits per heavy atom. The first-order valence-corrected chi connectivity index (χ1v) is 6.59. The normalized spacial score (nSPS) is 23.1. The molecule has 0 amide bonds. The summed E-state index contributed by atoms with van der Waals surface area (Å²) >= 11 is 6.20. The summed E-state index contributed by atoms with van der Waals surface area (Å²) in [5.41, 5.74) is 8.40. The summed E-state index contributed by atoms with van der Waals surface area (Å²) in [5.74, 6) is 0.556. The second-order valence-electron chi connectivity index (χ2n) is 5.41. The van der Waals surface area contributed by atoms with Crippen molar-refractivity contribution in [2.45, 2.75) is 32.7 Å². The van der Waals surface area contributed by atoms with Crippen LogP contribution in [0.2, 0.25) is 5.02 Å². The van der Waals surface area contributed by atoms with Gasteiger partial charge in [-0.05, 0) is 57.4 Å². The van der Waals surface area contributed by atoms with E-state index in [0.29, 0.717) is 5.92 Å². The van der Waals surface area contributed by atoms with Gasteiger partial charge in [0.1, 0.15) is 0 Å². The number of rotatable bonds is 2. The molecule has 1 aromatic carbocycles. The summed E-state index contributed by atoms with van der Waals surface area (Å²) in [6, 6.07) is 6.13. The van der Waals surface area contributed by atoms with Gasteiger partial charge in [-0.15, -0.1) is 0 Å². The van der Waals surface area contributed by atoms with Crippen molar-refractivity contribution < 1.29 is 0 Å². The molecule has 1 heterocycles. The monoisotopic (exact) mass is 252 g/mol. The molecule has 0 spiro atoms. The highest BCUT2D eigenvalue weighted by Gasteiger charge is 2.40. The van der Waals surface area contributed by atoms with Gasteiger partial charge in [0.2, 0.25) is 0 Å². The molecule has 17 heavy (non-hydrogen) atoms. The standard InChI is InChI=1S/C14H21ClN2/c1-10-12(15)5-4-6-13(10)17-8-7-11(9-16)14(17,2)3/h4-6,11H,7-9,16H2,1-3H3. The van der Waals surface area contributed by atoms with E-state index in [1.807, 2.05) is 12.1 Å². The van der Waals surface area contributed by atoms with Crippen LogP contribution in [-0.4, -0.2) is 18.6 Å². The predicted octanol–water partition coefficient (Wildman–Crippen LogP) is 3.21. The number of nitrogens with zero attached hydrogens (tertiary/aromatic N) is 1. The maximum absolute atomic E-state index is 6.20. The molecule has 1 atom stereocenters. The number of hydrogen-bond acceptors (Lipinski definition) is 2. The summed E-state index contributed by atoms with van der Waals surface area (Å²) in [6.07, 6.45) is 1.16. The minimum Gasteiger partial charge on any atom is -0.366 e. The SMILES string of the molecule is Cc1c(Cl)cccc1N1CCC(CN)C1(C)C. The van der Waals surface area contributed by atoms with Gasteiger partial charge in [0.05, 0.1) is 0 Å². The number of halogens is 1. The van der Waals surface area contributed by atoms with Crippen LogP contribution >= 0.6 is 11.6 Å². The molecule has 3 heteroatoms. The van der Waals surface area contributed by atoms with Gasteiger partial charge in [-0.25, -0.2) is 0 Å². The van der Waals surface area contributed by atoms with Gasteiger partial charge >= 0.3 is 0 Å². The number of nitrogens with two attached hydrogens (primary N) is 1. The highest BCUT2D eigenvalue weighted by molar-refractivity contribution is 6.31. The molecule has 2 rings (SSSR count). The molecule has 0 bridgehead atoms. The van der Waals surface area contributed by atoms with Crippen LogP contribution in [0.1, 0.15) is 25.8 Å². The van der Waals surface area contributed by atoms with Crippen LogP contribution in [0.3, 0.4) is 0 Å². The van der Waals surface area contributed by atoms with Crippen molar-refractivity contribution in [1.29, 1.82) is 0 Å². The fraction of sp³-hybridized carbons (Fsp3) is 0.571. The predicted molar refractivity (Wildman–Crippen MR) is 74.8 cm³/mol. The zero-order chi connectivity index (χ0) is 12.6. The highest BCUT2D eigenvalue weighted by atomic mass is 35.5. The lowest BCUT2D eigenvalue weighted by Gasteiger charge is -2.38. The molecule has 2 nitrogen and oxygen atoms in total. The van der Waals surface area contributed by atoms with Gasteiger partial charge in [0.15, 0.2) is 0 Å². The summed E-state index contributed by atoms with van der Waals surface area (Å²) in [6.45, 7) is 8.46. The Hall–Kier alpha value is -0.730. The Kier molecular flexibility index (Phi) is 3.37. The Balaban J connectivity index is 2.38. The van der Waals surface area contributed by atoms with Crippen molar-refractivity contribution >= 4 is 17.3 Å². The zero-order valence-electron chi connectivity index (χ0n) is 10.8. The van der Waals surface area contributed by atoms with Gasteiger partial charge in [-0.2, -0.15) is 0 Å². The van der Waals surface area contributed by atoms with Crippen molar-refractivity contribution in [2.24, 2.45) is 11.7 Å². The molecule has 1 aliphatic rings. The van der Waals surface area contributed by atoms with Crippen molar-refractivity contribution in [3.8, 4) is 0 Å². The molecule has 1 unspecified atom stereocenters. The van der Waals surface area contributed by atoms with Crippen molar-refractivity contribution in [2.75, 3.05) is 18.0 Å². The van der Waals surface area contributed by atoms with E-state index < -0.39 is 0 Å². The van der Waals surface area contributed by atoms with Crippen molar-refractivity contribution in [3.63, 3.8) is 0 Å². The average molecular weight is 253 g/mol. The van der Waals surface area contributed by atoms with Crippen LogP contribution in [0.15, 0.2) is 18.2 Å². The average Bonchev–Trinajstić information content (AvgIpc) is 2.57. The molecule has 1 saturated heterocycles. The maximum atomic E-state index is 6.20. The number of hydrogen-bond donors (Lipinski definition) is 1. The van der Waals surface area contributed by atoms with Gasteiger partial charge in [-0.1, -0.05) is 17.7 Å². The molecule has 0 aliphatic carbocycles. The Morgan fingerprint density at radius 1 is 1.47 bits per heavy atom. The lowest BCUT2D eigenvalue weighted by molar-refractivity contribution is 0.373. The van der Waals surface area contributed by atoms with E-state index in [-0.39, 0.29) is 5.54 Å². The lowest BCUT2D eigenvalue weighted by Crippen LogP contribution is -2.45. The lowest BCUT2D eigenvalue weighted by atomic mass is 9.88. The van der Waals surface area contributed by atoms with Crippen molar-refractivity contribution in [1.82, 2.24) is 0 Å². The Bertz CT molecular complexity index is 415. The molecule has 94 valence electrons. The van der Waals surface area contributed by atoms with Crippen LogP contribution in [-0.2, 0) is 0 Å². The number of anilines is 1. The summed E-state index contributed by atoms with van der Waals surface area (Å²) in [7, 11) is 0. The summed E-state index contributed by atoms with van der Waals surface area (Å²) in [5, 5.41) is 0.842. The van der Waals surface area contributed by atoms with Crippen LogP contribution in [0.25, 0.3) is 0 Å².